The summed E-state index contributed by atoms with van der Waals surface area (Å²) in [7, 11) is 0. The Morgan fingerprint density at radius 1 is 1.38 bits per heavy atom. The summed E-state index contributed by atoms with van der Waals surface area (Å²) >= 11 is 0. The van der Waals surface area contributed by atoms with Crippen LogP contribution in [0.3, 0.4) is 0 Å². The summed E-state index contributed by atoms with van der Waals surface area (Å²) in [5.74, 6) is -0.754. The third kappa shape index (κ3) is 3.44. The van der Waals surface area contributed by atoms with Crippen molar-refractivity contribution >= 4 is 11.9 Å². The molecular formula is C14H16N4O3. The number of rotatable bonds is 5. The van der Waals surface area contributed by atoms with Gasteiger partial charge >= 0.3 is 5.97 Å². The van der Waals surface area contributed by atoms with E-state index in [0.29, 0.717) is 11.4 Å². The standard InChI is InChI=1S/C14H16N4O3/c1-10(2)18(8-13(19)20)14(21)11-3-4-12(16-7-11)17-6-5-15-9-17/h3-7,9-10H,8H2,1-2H3,(H,19,20). The fourth-order valence-corrected chi connectivity index (χ4v) is 1.86. The van der Waals surface area contributed by atoms with Gasteiger partial charge in [0.2, 0.25) is 0 Å². The van der Waals surface area contributed by atoms with Gasteiger partial charge in [-0.2, -0.15) is 0 Å². The summed E-state index contributed by atoms with van der Waals surface area (Å²) in [6.07, 6.45) is 6.42. The Hall–Kier alpha value is -2.70. The predicted molar refractivity (Wildman–Crippen MR) is 75.2 cm³/mol. The molecule has 7 nitrogen and oxygen atoms in total. The fraction of sp³-hybridized carbons (Fsp3) is 0.286. The van der Waals surface area contributed by atoms with Crippen molar-refractivity contribution in [1.82, 2.24) is 19.4 Å². The molecule has 7 heteroatoms. The minimum absolute atomic E-state index is 0.207. The van der Waals surface area contributed by atoms with Crippen molar-refractivity contribution in [2.75, 3.05) is 6.54 Å². The van der Waals surface area contributed by atoms with Gasteiger partial charge in [-0.05, 0) is 26.0 Å². The first kappa shape index (κ1) is 14.7. The van der Waals surface area contributed by atoms with Crippen LogP contribution in [-0.4, -0.2) is 49.0 Å². The van der Waals surface area contributed by atoms with Crippen LogP contribution in [0.2, 0.25) is 0 Å². The lowest BCUT2D eigenvalue weighted by Gasteiger charge is -2.24. The second-order valence-corrected chi connectivity index (χ2v) is 4.80. The van der Waals surface area contributed by atoms with Crippen LogP contribution < -0.4 is 0 Å². The lowest BCUT2D eigenvalue weighted by Crippen LogP contribution is -2.40. The van der Waals surface area contributed by atoms with Crippen molar-refractivity contribution in [3.63, 3.8) is 0 Å². The molecule has 0 unspecified atom stereocenters. The van der Waals surface area contributed by atoms with E-state index in [2.05, 4.69) is 9.97 Å². The predicted octanol–water partition coefficient (Wildman–Crippen LogP) is 1.20. The summed E-state index contributed by atoms with van der Waals surface area (Å²) in [5.41, 5.74) is 0.355. The first-order valence-electron chi connectivity index (χ1n) is 6.46. The molecule has 2 heterocycles. The molecule has 0 saturated carbocycles. The van der Waals surface area contributed by atoms with E-state index in [4.69, 9.17) is 5.11 Å². The molecule has 0 aromatic carbocycles. The fourth-order valence-electron chi connectivity index (χ4n) is 1.86. The summed E-state index contributed by atoms with van der Waals surface area (Å²) in [4.78, 5) is 32.6. The number of carbonyl (C=O) groups is 2. The summed E-state index contributed by atoms with van der Waals surface area (Å²) in [6.45, 7) is 3.21. The molecule has 2 rings (SSSR count). The van der Waals surface area contributed by atoms with E-state index >= 15 is 0 Å². The minimum Gasteiger partial charge on any atom is -0.480 e. The minimum atomic E-state index is -1.04. The monoisotopic (exact) mass is 288 g/mol. The van der Waals surface area contributed by atoms with E-state index in [9.17, 15) is 9.59 Å². The Morgan fingerprint density at radius 2 is 2.14 bits per heavy atom. The Kier molecular flexibility index (Phi) is 4.32. The Bertz CT molecular complexity index is 620. The number of aliphatic carboxylic acids is 1. The zero-order valence-corrected chi connectivity index (χ0v) is 11.8. The van der Waals surface area contributed by atoms with Crippen molar-refractivity contribution < 1.29 is 14.7 Å². The van der Waals surface area contributed by atoms with E-state index in [0.717, 1.165) is 0 Å². The highest BCUT2D eigenvalue weighted by molar-refractivity contribution is 5.95. The number of pyridine rings is 1. The second kappa shape index (κ2) is 6.17. The van der Waals surface area contributed by atoms with Crippen LogP contribution in [0.4, 0.5) is 0 Å². The van der Waals surface area contributed by atoms with Gasteiger partial charge in [0, 0.05) is 24.6 Å². The van der Waals surface area contributed by atoms with E-state index in [1.165, 1.54) is 11.1 Å². The number of nitrogens with zero attached hydrogens (tertiary/aromatic N) is 4. The Morgan fingerprint density at radius 3 is 2.62 bits per heavy atom. The lowest BCUT2D eigenvalue weighted by atomic mass is 10.2. The molecule has 0 aliphatic carbocycles. The molecule has 1 amide bonds. The first-order chi connectivity index (χ1) is 9.99. The highest BCUT2D eigenvalue weighted by atomic mass is 16.4. The van der Waals surface area contributed by atoms with Crippen molar-refractivity contribution in [2.24, 2.45) is 0 Å². The molecule has 21 heavy (non-hydrogen) atoms. The molecule has 0 bridgehead atoms. The van der Waals surface area contributed by atoms with Gasteiger partial charge in [-0.15, -0.1) is 0 Å². The number of imidazole rings is 1. The van der Waals surface area contributed by atoms with Crippen LogP contribution in [0.5, 0.6) is 0 Å². The highest BCUT2D eigenvalue weighted by Crippen LogP contribution is 2.10. The molecule has 0 fully saturated rings. The third-order valence-electron chi connectivity index (χ3n) is 2.95. The molecule has 1 N–H and O–H groups in total. The van der Waals surface area contributed by atoms with Gasteiger partial charge in [-0.1, -0.05) is 0 Å². The third-order valence-corrected chi connectivity index (χ3v) is 2.95. The number of aromatic nitrogens is 3. The van der Waals surface area contributed by atoms with Gasteiger partial charge in [-0.25, -0.2) is 9.97 Å². The van der Waals surface area contributed by atoms with Crippen LogP contribution in [-0.2, 0) is 4.79 Å². The number of hydrogen-bond donors (Lipinski definition) is 1. The van der Waals surface area contributed by atoms with Crippen LogP contribution in [0.25, 0.3) is 5.82 Å². The number of carbonyl (C=O) groups excluding carboxylic acids is 1. The number of hydrogen-bond acceptors (Lipinski definition) is 4. The summed E-state index contributed by atoms with van der Waals surface area (Å²) in [6, 6.07) is 3.11. The Labute approximate surface area is 121 Å². The average molecular weight is 288 g/mol. The van der Waals surface area contributed by atoms with Crippen molar-refractivity contribution in [3.05, 3.63) is 42.6 Å². The van der Waals surface area contributed by atoms with Gasteiger partial charge in [0.05, 0.1) is 5.56 Å². The molecule has 2 aromatic heterocycles. The van der Waals surface area contributed by atoms with Crippen LogP contribution in [0.1, 0.15) is 24.2 Å². The molecule has 110 valence electrons. The molecule has 0 radical (unpaired) electrons. The SMILES string of the molecule is CC(C)N(CC(=O)O)C(=O)c1ccc(-n2ccnc2)nc1. The maximum absolute atomic E-state index is 12.3. The highest BCUT2D eigenvalue weighted by Gasteiger charge is 2.21. The topological polar surface area (TPSA) is 88.3 Å². The van der Waals surface area contributed by atoms with Crippen molar-refractivity contribution in [1.29, 1.82) is 0 Å². The van der Waals surface area contributed by atoms with Crippen LogP contribution in [0.15, 0.2) is 37.1 Å². The van der Waals surface area contributed by atoms with Gasteiger partial charge in [0.1, 0.15) is 18.7 Å². The molecule has 0 spiro atoms. The number of amides is 1. The molecular weight excluding hydrogens is 272 g/mol. The van der Waals surface area contributed by atoms with Crippen LogP contribution >= 0.6 is 0 Å². The quantitative estimate of drug-likeness (QED) is 0.893. The largest absolute Gasteiger partial charge is 0.480 e. The van der Waals surface area contributed by atoms with Crippen molar-refractivity contribution in [2.45, 2.75) is 19.9 Å². The smallest absolute Gasteiger partial charge is 0.323 e. The molecule has 0 aliphatic heterocycles. The van der Waals surface area contributed by atoms with E-state index in [1.807, 2.05) is 0 Å². The maximum atomic E-state index is 12.3. The van der Waals surface area contributed by atoms with Gasteiger partial charge in [0.25, 0.3) is 5.91 Å². The summed E-state index contributed by atoms with van der Waals surface area (Å²) in [5, 5.41) is 8.88. The summed E-state index contributed by atoms with van der Waals surface area (Å²) < 4.78 is 1.71. The molecule has 2 aromatic rings. The van der Waals surface area contributed by atoms with Gasteiger partial charge in [-0.3, -0.25) is 14.2 Å². The first-order valence-corrected chi connectivity index (χ1v) is 6.46. The molecule has 0 atom stereocenters. The second-order valence-electron chi connectivity index (χ2n) is 4.80. The van der Waals surface area contributed by atoms with E-state index in [-0.39, 0.29) is 18.5 Å². The zero-order chi connectivity index (χ0) is 15.4. The number of carboxylic acids is 1. The van der Waals surface area contributed by atoms with E-state index < -0.39 is 5.97 Å². The molecule has 0 aliphatic rings. The lowest BCUT2D eigenvalue weighted by molar-refractivity contribution is -0.138. The molecule has 0 saturated heterocycles. The van der Waals surface area contributed by atoms with E-state index in [1.54, 1.807) is 49.3 Å². The normalized spacial score (nSPS) is 10.6. The average Bonchev–Trinajstić information content (AvgIpc) is 2.98. The van der Waals surface area contributed by atoms with Crippen molar-refractivity contribution in [3.8, 4) is 5.82 Å². The zero-order valence-electron chi connectivity index (χ0n) is 11.8. The number of carboxylic acid groups (broad SMARTS) is 1. The van der Waals surface area contributed by atoms with Gasteiger partial charge in [0.15, 0.2) is 0 Å². The van der Waals surface area contributed by atoms with Crippen LogP contribution in [0, 0.1) is 0 Å². The Balaban J connectivity index is 2.20. The maximum Gasteiger partial charge on any atom is 0.323 e. The van der Waals surface area contributed by atoms with Gasteiger partial charge < -0.3 is 10.0 Å².